The average Bonchev–Trinajstić information content (AvgIpc) is 2.35. The molecule has 1 aliphatic heterocycles. The summed E-state index contributed by atoms with van der Waals surface area (Å²) in [5.74, 6) is -1.26. The van der Waals surface area contributed by atoms with E-state index < -0.39 is 11.9 Å². The highest BCUT2D eigenvalue weighted by atomic mass is 16.4. The standard InChI is InChI=1S/C15H25NO3/c1-10(11(2)15(3,4)5)13(17)16-8-6-7-12(9-16)14(18)19/h11-12H,1,6-9H2,2-5H3,(H,18,19). The largest absolute Gasteiger partial charge is 0.481 e. The van der Waals surface area contributed by atoms with Gasteiger partial charge in [-0.2, -0.15) is 0 Å². The highest BCUT2D eigenvalue weighted by Gasteiger charge is 2.32. The van der Waals surface area contributed by atoms with Crippen molar-refractivity contribution in [2.24, 2.45) is 17.3 Å². The monoisotopic (exact) mass is 267 g/mol. The fourth-order valence-corrected chi connectivity index (χ4v) is 2.27. The van der Waals surface area contributed by atoms with Crippen molar-refractivity contribution in [2.45, 2.75) is 40.5 Å². The Morgan fingerprint density at radius 3 is 2.42 bits per heavy atom. The second-order valence-corrected chi connectivity index (χ2v) is 6.54. The molecule has 4 heteroatoms. The van der Waals surface area contributed by atoms with E-state index in [1.807, 2.05) is 6.92 Å². The number of aliphatic carboxylic acids is 1. The van der Waals surface area contributed by atoms with Gasteiger partial charge in [-0.25, -0.2) is 0 Å². The highest BCUT2D eigenvalue weighted by Crippen LogP contribution is 2.32. The first-order valence-electron chi connectivity index (χ1n) is 6.85. The van der Waals surface area contributed by atoms with Crippen LogP contribution in [0.2, 0.25) is 0 Å². The van der Waals surface area contributed by atoms with Crippen molar-refractivity contribution in [2.75, 3.05) is 13.1 Å². The second-order valence-electron chi connectivity index (χ2n) is 6.54. The van der Waals surface area contributed by atoms with Gasteiger partial charge >= 0.3 is 5.97 Å². The first-order chi connectivity index (χ1) is 8.64. The molecule has 1 rings (SSSR count). The molecule has 1 fully saturated rings. The van der Waals surface area contributed by atoms with Gasteiger partial charge in [-0.15, -0.1) is 0 Å². The second kappa shape index (κ2) is 5.76. The summed E-state index contributed by atoms with van der Waals surface area (Å²) in [6.45, 7) is 13.1. The van der Waals surface area contributed by atoms with E-state index in [0.717, 1.165) is 6.42 Å². The van der Waals surface area contributed by atoms with Crippen molar-refractivity contribution in [3.05, 3.63) is 12.2 Å². The van der Waals surface area contributed by atoms with Crippen LogP contribution in [0.25, 0.3) is 0 Å². The fraction of sp³-hybridized carbons (Fsp3) is 0.733. The van der Waals surface area contributed by atoms with Gasteiger partial charge in [0.1, 0.15) is 0 Å². The Bertz CT molecular complexity index is 381. The zero-order valence-electron chi connectivity index (χ0n) is 12.4. The van der Waals surface area contributed by atoms with Gasteiger partial charge in [0, 0.05) is 18.7 Å². The van der Waals surface area contributed by atoms with Crippen LogP contribution < -0.4 is 0 Å². The lowest BCUT2D eigenvalue weighted by molar-refractivity contribution is -0.145. The molecule has 0 aromatic rings. The smallest absolute Gasteiger partial charge is 0.308 e. The molecule has 0 aromatic heterocycles. The molecule has 4 nitrogen and oxygen atoms in total. The minimum atomic E-state index is -0.813. The van der Waals surface area contributed by atoms with Crippen LogP contribution in [0.4, 0.5) is 0 Å². The molecule has 0 bridgehead atoms. The van der Waals surface area contributed by atoms with E-state index >= 15 is 0 Å². The Hall–Kier alpha value is -1.32. The number of likely N-dealkylation sites (tertiary alicyclic amines) is 1. The number of hydrogen-bond acceptors (Lipinski definition) is 2. The lowest BCUT2D eigenvalue weighted by Crippen LogP contribution is -2.44. The number of hydrogen-bond donors (Lipinski definition) is 1. The van der Waals surface area contributed by atoms with E-state index in [-0.39, 0.29) is 17.2 Å². The molecule has 19 heavy (non-hydrogen) atoms. The van der Waals surface area contributed by atoms with Crippen LogP contribution in [0, 0.1) is 17.3 Å². The summed E-state index contributed by atoms with van der Waals surface area (Å²) >= 11 is 0. The van der Waals surface area contributed by atoms with Crippen molar-refractivity contribution in [1.29, 1.82) is 0 Å². The molecule has 108 valence electrons. The van der Waals surface area contributed by atoms with Gasteiger partial charge in [0.2, 0.25) is 5.91 Å². The van der Waals surface area contributed by atoms with Crippen LogP contribution in [0.3, 0.4) is 0 Å². The molecule has 2 unspecified atom stereocenters. The molecular weight excluding hydrogens is 242 g/mol. The Kier molecular flexibility index (Phi) is 4.77. The van der Waals surface area contributed by atoms with Gasteiger partial charge in [-0.1, -0.05) is 34.3 Å². The maximum atomic E-state index is 12.4. The molecule has 1 N–H and O–H groups in total. The first kappa shape index (κ1) is 15.7. The number of amides is 1. The van der Waals surface area contributed by atoms with Crippen molar-refractivity contribution in [1.82, 2.24) is 4.90 Å². The van der Waals surface area contributed by atoms with Crippen LogP contribution in [-0.4, -0.2) is 35.0 Å². The summed E-state index contributed by atoms with van der Waals surface area (Å²) in [6, 6.07) is 0. The number of nitrogens with zero attached hydrogens (tertiary/aromatic N) is 1. The summed E-state index contributed by atoms with van der Waals surface area (Å²) < 4.78 is 0. The molecular formula is C15H25NO3. The van der Waals surface area contributed by atoms with Gasteiger partial charge in [-0.05, 0) is 24.2 Å². The van der Waals surface area contributed by atoms with Gasteiger partial charge in [0.25, 0.3) is 0 Å². The Labute approximate surface area is 115 Å². The third kappa shape index (κ3) is 3.82. The number of carboxylic acid groups (broad SMARTS) is 1. The average molecular weight is 267 g/mol. The summed E-state index contributed by atoms with van der Waals surface area (Å²) in [5, 5.41) is 9.05. The van der Waals surface area contributed by atoms with Crippen LogP contribution in [0.1, 0.15) is 40.5 Å². The van der Waals surface area contributed by atoms with E-state index in [0.29, 0.717) is 25.1 Å². The highest BCUT2D eigenvalue weighted by molar-refractivity contribution is 5.93. The maximum Gasteiger partial charge on any atom is 0.308 e. The zero-order valence-corrected chi connectivity index (χ0v) is 12.4. The van der Waals surface area contributed by atoms with Gasteiger partial charge in [0.15, 0.2) is 0 Å². The predicted molar refractivity (Wildman–Crippen MR) is 74.7 cm³/mol. The molecule has 0 aromatic carbocycles. The Morgan fingerprint density at radius 2 is 1.95 bits per heavy atom. The third-order valence-electron chi connectivity index (χ3n) is 4.15. The molecule has 1 aliphatic rings. The molecule has 2 atom stereocenters. The van der Waals surface area contributed by atoms with Crippen molar-refractivity contribution in [3.8, 4) is 0 Å². The molecule has 1 saturated heterocycles. The number of carbonyl (C=O) groups is 2. The Morgan fingerprint density at radius 1 is 1.37 bits per heavy atom. The topological polar surface area (TPSA) is 57.6 Å². The van der Waals surface area contributed by atoms with E-state index in [2.05, 4.69) is 27.4 Å². The van der Waals surface area contributed by atoms with E-state index in [1.165, 1.54) is 0 Å². The predicted octanol–water partition coefficient (Wildman–Crippen LogP) is 2.55. The quantitative estimate of drug-likeness (QED) is 0.799. The van der Waals surface area contributed by atoms with Gasteiger partial charge in [-0.3, -0.25) is 9.59 Å². The zero-order chi connectivity index (χ0) is 14.8. The van der Waals surface area contributed by atoms with E-state index in [9.17, 15) is 9.59 Å². The number of carboxylic acids is 1. The van der Waals surface area contributed by atoms with Crippen LogP contribution >= 0.6 is 0 Å². The van der Waals surface area contributed by atoms with E-state index in [4.69, 9.17) is 5.11 Å². The minimum Gasteiger partial charge on any atom is -0.481 e. The summed E-state index contributed by atoms with van der Waals surface area (Å²) in [6.07, 6.45) is 1.40. The molecule has 1 heterocycles. The summed E-state index contributed by atoms with van der Waals surface area (Å²) in [7, 11) is 0. The van der Waals surface area contributed by atoms with Crippen molar-refractivity contribution < 1.29 is 14.7 Å². The minimum absolute atomic E-state index is 0.0191. The Balaban J connectivity index is 2.72. The lowest BCUT2D eigenvalue weighted by Gasteiger charge is -2.35. The number of rotatable bonds is 3. The molecule has 0 spiro atoms. The summed E-state index contributed by atoms with van der Waals surface area (Å²) in [4.78, 5) is 25.1. The van der Waals surface area contributed by atoms with Crippen LogP contribution in [-0.2, 0) is 9.59 Å². The van der Waals surface area contributed by atoms with Crippen LogP contribution in [0.15, 0.2) is 12.2 Å². The molecule has 0 aliphatic carbocycles. The maximum absolute atomic E-state index is 12.4. The van der Waals surface area contributed by atoms with Gasteiger partial charge in [0.05, 0.1) is 5.92 Å². The van der Waals surface area contributed by atoms with Crippen molar-refractivity contribution in [3.63, 3.8) is 0 Å². The fourth-order valence-electron chi connectivity index (χ4n) is 2.27. The van der Waals surface area contributed by atoms with Gasteiger partial charge < -0.3 is 10.0 Å². The van der Waals surface area contributed by atoms with E-state index in [1.54, 1.807) is 4.90 Å². The molecule has 0 radical (unpaired) electrons. The number of piperidine rings is 1. The summed E-state index contributed by atoms with van der Waals surface area (Å²) in [5.41, 5.74) is 0.563. The number of carbonyl (C=O) groups excluding carboxylic acids is 1. The third-order valence-corrected chi connectivity index (χ3v) is 4.15. The van der Waals surface area contributed by atoms with Crippen molar-refractivity contribution >= 4 is 11.9 Å². The first-order valence-corrected chi connectivity index (χ1v) is 6.85. The van der Waals surface area contributed by atoms with Crippen LogP contribution in [0.5, 0.6) is 0 Å². The lowest BCUT2D eigenvalue weighted by atomic mass is 9.77. The molecule has 1 amide bonds. The normalized spacial score (nSPS) is 21.9. The molecule has 0 saturated carbocycles. The SMILES string of the molecule is C=C(C(=O)N1CCCC(C(=O)O)C1)C(C)C(C)(C)C.